The number of nitrogens with zero attached hydrogens (tertiary/aromatic N) is 2. The molecule has 0 aliphatic carbocycles. The summed E-state index contributed by atoms with van der Waals surface area (Å²) in [5.41, 5.74) is 1.30. The number of anilines is 3. The van der Waals surface area contributed by atoms with Crippen molar-refractivity contribution in [3.05, 3.63) is 76.2 Å². The van der Waals surface area contributed by atoms with Gasteiger partial charge >= 0.3 is 0 Å². The van der Waals surface area contributed by atoms with Gasteiger partial charge in [-0.2, -0.15) is 0 Å². The number of aryl methyl sites for hydroxylation is 1. The highest BCUT2D eigenvalue weighted by Gasteiger charge is 2.18. The highest BCUT2D eigenvalue weighted by Crippen LogP contribution is 2.24. The molecule has 11 heteroatoms. The third-order valence-corrected chi connectivity index (χ3v) is 7.00. The lowest BCUT2D eigenvalue weighted by Crippen LogP contribution is -2.38. The molecule has 2 heterocycles. The Morgan fingerprint density at radius 1 is 1.06 bits per heavy atom. The lowest BCUT2D eigenvalue weighted by Gasteiger charge is -2.27. The number of carbonyl (C=O) groups is 1. The van der Waals surface area contributed by atoms with E-state index in [0.717, 1.165) is 0 Å². The van der Waals surface area contributed by atoms with Gasteiger partial charge < -0.3 is 15.0 Å². The van der Waals surface area contributed by atoms with Crippen molar-refractivity contribution in [1.29, 1.82) is 0 Å². The summed E-state index contributed by atoms with van der Waals surface area (Å²) in [7, 11) is -3.82. The molecule has 1 aliphatic heterocycles. The molecule has 35 heavy (non-hydrogen) atoms. The van der Waals surface area contributed by atoms with Gasteiger partial charge in [0, 0.05) is 30.8 Å². The van der Waals surface area contributed by atoms with Crippen molar-refractivity contribution in [1.82, 2.24) is 9.97 Å². The number of H-pyrrole nitrogens is 1. The average molecular weight is 498 g/mol. The minimum Gasteiger partial charge on any atom is -0.378 e. The van der Waals surface area contributed by atoms with Crippen molar-refractivity contribution in [3.8, 4) is 0 Å². The van der Waals surface area contributed by atoms with E-state index < -0.39 is 10.0 Å². The molecule has 1 aliphatic rings. The van der Waals surface area contributed by atoms with Gasteiger partial charge in [0.15, 0.2) is 0 Å². The number of benzene rings is 2. The molecule has 0 spiro atoms. The Hall–Kier alpha value is -3.70. The number of hydrogen-bond acceptors (Lipinski definition) is 7. The van der Waals surface area contributed by atoms with Crippen LogP contribution in [-0.4, -0.2) is 50.6 Å². The van der Waals surface area contributed by atoms with Gasteiger partial charge in [-0.25, -0.2) is 13.4 Å². The number of morpholine rings is 1. The molecule has 3 N–H and O–H groups in total. The van der Waals surface area contributed by atoms with Crippen molar-refractivity contribution in [3.63, 3.8) is 0 Å². The third kappa shape index (κ3) is 6.06. The van der Waals surface area contributed by atoms with Gasteiger partial charge in [0.1, 0.15) is 0 Å². The van der Waals surface area contributed by atoms with Gasteiger partial charge in [0.25, 0.3) is 15.6 Å². The number of aromatic nitrogens is 2. The van der Waals surface area contributed by atoms with E-state index in [1.54, 1.807) is 49.4 Å². The Balaban J connectivity index is 1.42. The topological polar surface area (TPSA) is 133 Å². The van der Waals surface area contributed by atoms with Crippen molar-refractivity contribution in [2.45, 2.75) is 24.7 Å². The van der Waals surface area contributed by atoms with Gasteiger partial charge in [-0.15, -0.1) is 0 Å². The van der Waals surface area contributed by atoms with Crippen LogP contribution in [0.5, 0.6) is 0 Å². The lowest BCUT2D eigenvalue weighted by atomic mass is 10.1. The number of sulfonamides is 1. The predicted molar refractivity (Wildman–Crippen MR) is 133 cm³/mol. The molecular weight excluding hydrogens is 470 g/mol. The fraction of sp³-hybridized carbons (Fsp3) is 0.292. The van der Waals surface area contributed by atoms with E-state index in [2.05, 4.69) is 20.0 Å². The minimum absolute atomic E-state index is 0.0300. The quantitative estimate of drug-likeness (QED) is 0.435. The molecule has 1 saturated heterocycles. The summed E-state index contributed by atoms with van der Waals surface area (Å²) in [6.07, 6.45) is 0.226. The zero-order valence-corrected chi connectivity index (χ0v) is 20.1. The van der Waals surface area contributed by atoms with Gasteiger partial charge in [-0.05, 0) is 37.6 Å². The number of nitrogens with one attached hydrogen (secondary N) is 3. The Bertz CT molecular complexity index is 1350. The number of para-hydroxylation sites is 2. The number of amides is 1. The normalized spacial score (nSPS) is 13.9. The molecule has 0 saturated carbocycles. The Morgan fingerprint density at radius 2 is 1.71 bits per heavy atom. The van der Waals surface area contributed by atoms with Gasteiger partial charge in [-0.3, -0.25) is 19.3 Å². The molecule has 0 bridgehead atoms. The van der Waals surface area contributed by atoms with Crippen LogP contribution in [0.3, 0.4) is 0 Å². The lowest BCUT2D eigenvalue weighted by molar-refractivity contribution is -0.116. The summed E-state index contributed by atoms with van der Waals surface area (Å²) >= 11 is 0. The van der Waals surface area contributed by atoms with Crippen LogP contribution in [-0.2, 0) is 26.0 Å². The largest absolute Gasteiger partial charge is 0.378 e. The standard InChI is InChI=1S/C24H27N5O5S/c1-17-19(23(31)27-24(25-17)29-13-15-34-16-14-29)11-12-22(30)26-20-9-5-6-10-21(20)28-35(32,33)18-7-3-2-4-8-18/h2-10,28H,11-16H2,1H3,(H,26,30)(H,25,27,31). The molecule has 1 fully saturated rings. The predicted octanol–water partition coefficient (Wildman–Crippen LogP) is 2.29. The van der Waals surface area contributed by atoms with E-state index in [4.69, 9.17) is 4.74 Å². The molecule has 0 radical (unpaired) electrons. The molecular formula is C24H27N5O5S. The zero-order chi connectivity index (χ0) is 24.8. The van der Waals surface area contributed by atoms with Crippen LogP contribution in [0.2, 0.25) is 0 Å². The molecule has 0 atom stereocenters. The average Bonchev–Trinajstić information content (AvgIpc) is 2.85. The molecule has 3 aromatic rings. The van der Waals surface area contributed by atoms with Gasteiger partial charge in [0.2, 0.25) is 11.9 Å². The summed E-state index contributed by atoms with van der Waals surface area (Å²) in [4.78, 5) is 34.7. The first-order valence-corrected chi connectivity index (χ1v) is 12.7. The highest BCUT2D eigenvalue weighted by atomic mass is 32.2. The van der Waals surface area contributed by atoms with Gasteiger partial charge in [0.05, 0.1) is 29.5 Å². The first kappa shape index (κ1) is 24.4. The van der Waals surface area contributed by atoms with E-state index in [9.17, 15) is 18.0 Å². The molecule has 1 amide bonds. The maximum absolute atomic E-state index is 12.7. The summed E-state index contributed by atoms with van der Waals surface area (Å²) in [6, 6.07) is 14.5. The molecule has 184 valence electrons. The second-order valence-corrected chi connectivity index (χ2v) is 9.75. The second-order valence-electron chi connectivity index (χ2n) is 8.07. The van der Waals surface area contributed by atoms with E-state index >= 15 is 0 Å². The van der Waals surface area contributed by atoms with Crippen LogP contribution < -0.4 is 20.5 Å². The number of carbonyl (C=O) groups excluding carboxylic acids is 1. The van der Waals surface area contributed by atoms with Crippen molar-refractivity contribution >= 4 is 33.3 Å². The molecule has 4 rings (SSSR count). The Labute approximate surface area is 203 Å². The van der Waals surface area contributed by atoms with Crippen LogP contribution in [0.15, 0.2) is 64.3 Å². The number of hydrogen-bond donors (Lipinski definition) is 3. The first-order chi connectivity index (χ1) is 16.8. The van der Waals surface area contributed by atoms with Crippen LogP contribution in [0.4, 0.5) is 17.3 Å². The second kappa shape index (κ2) is 10.7. The molecule has 2 aromatic carbocycles. The van der Waals surface area contributed by atoms with Crippen molar-refractivity contribution < 1.29 is 17.9 Å². The molecule has 1 aromatic heterocycles. The van der Waals surface area contributed by atoms with Crippen LogP contribution in [0.1, 0.15) is 17.7 Å². The Morgan fingerprint density at radius 3 is 2.40 bits per heavy atom. The van der Waals surface area contributed by atoms with E-state index in [1.165, 1.54) is 12.1 Å². The molecule has 0 unspecified atom stereocenters. The zero-order valence-electron chi connectivity index (χ0n) is 19.3. The Kier molecular flexibility index (Phi) is 7.47. The summed E-state index contributed by atoms with van der Waals surface area (Å²) in [6.45, 7) is 4.20. The minimum atomic E-state index is -3.82. The maximum Gasteiger partial charge on any atom is 0.261 e. The number of ether oxygens (including phenoxy) is 1. The fourth-order valence-electron chi connectivity index (χ4n) is 3.75. The van der Waals surface area contributed by atoms with E-state index in [-0.39, 0.29) is 34.9 Å². The van der Waals surface area contributed by atoms with Gasteiger partial charge in [-0.1, -0.05) is 30.3 Å². The summed E-state index contributed by atoms with van der Waals surface area (Å²) < 4.78 is 33.2. The third-order valence-electron chi connectivity index (χ3n) is 5.62. The number of rotatable bonds is 8. The monoisotopic (exact) mass is 497 g/mol. The molecule has 10 nitrogen and oxygen atoms in total. The van der Waals surface area contributed by atoms with Crippen molar-refractivity contribution in [2.75, 3.05) is 41.2 Å². The maximum atomic E-state index is 12.7. The summed E-state index contributed by atoms with van der Waals surface area (Å²) in [5, 5.41) is 2.74. The number of aromatic amines is 1. The van der Waals surface area contributed by atoms with E-state index in [1.807, 2.05) is 4.90 Å². The first-order valence-electron chi connectivity index (χ1n) is 11.2. The summed E-state index contributed by atoms with van der Waals surface area (Å²) in [5.74, 6) is 0.149. The fourth-order valence-corrected chi connectivity index (χ4v) is 4.85. The smallest absolute Gasteiger partial charge is 0.261 e. The van der Waals surface area contributed by atoms with Crippen LogP contribution in [0.25, 0.3) is 0 Å². The van der Waals surface area contributed by atoms with E-state index in [0.29, 0.717) is 49.2 Å². The SMILES string of the molecule is Cc1nc(N2CCOCC2)[nH]c(=O)c1CCC(=O)Nc1ccccc1NS(=O)(=O)c1ccccc1. The highest BCUT2D eigenvalue weighted by molar-refractivity contribution is 7.92. The van der Waals surface area contributed by atoms with Crippen molar-refractivity contribution in [2.24, 2.45) is 0 Å². The van der Waals surface area contributed by atoms with Crippen LogP contribution in [0, 0.1) is 6.92 Å². The van der Waals surface area contributed by atoms with Crippen LogP contribution >= 0.6 is 0 Å².